The molecule has 116 valence electrons. The van der Waals surface area contributed by atoms with Crippen LogP contribution in [-0.4, -0.2) is 23.7 Å². The molecule has 0 saturated heterocycles. The second-order valence-corrected chi connectivity index (χ2v) is 5.88. The van der Waals surface area contributed by atoms with E-state index in [1.807, 2.05) is 45.9 Å². The zero-order chi connectivity index (χ0) is 16.0. The van der Waals surface area contributed by atoms with Gasteiger partial charge in [0.15, 0.2) is 0 Å². The van der Waals surface area contributed by atoms with Gasteiger partial charge in [-0.3, -0.25) is 4.79 Å². The third-order valence-corrected chi connectivity index (χ3v) is 3.09. The van der Waals surface area contributed by atoms with Crippen LogP contribution in [-0.2, 0) is 4.79 Å². The van der Waals surface area contributed by atoms with Gasteiger partial charge in [0, 0.05) is 12.2 Å². The van der Waals surface area contributed by atoms with Gasteiger partial charge in [-0.05, 0) is 49.4 Å². The highest BCUT2D eigenvalue weighted by atomic mass is 16.4. The van der Waals surface area contributed by atoms with Crippen LogP contribution in [0.2, 0.25) is 0 Å². The van der Waals surface area contributed by atoms with Gasteiger partial charge in [-0.15, -0.1) is 0 Å². The summed E-state index contributed by atoms with van der Waals surface area (Å²) < 4.78 is 0. The van der Waals surface area contributed by atoms with Gasteiger partial charge in [-0.1, -0.05) is 19.9 Å². The number of aliphatic carboxylic acids is 1. The van der Waals surface area contributed by atoms with Crippen molar-refractivity contribution in [3.63, 3.8) is 0 Å². The average molecular weight is 292 g/mol. The summed E-state index contributed by atoms with van der Waals surface area (Å²) in [5.41, 5.74) is 2.84. The zero-order valence-corrected chi connectivity index (χ0v) is 13.1. The normalized spacial score (nSPS) is 12.0. The molecule has 0 saturated carbocycles. The number of benzene rings is 1. The highest BCUT2D eigenvalue weighted by Gasteiger charge is 2.19. The number of hydrogen-bond donors (Lipinski definition) is 3. The standard InChI is InChI=1S/C16H24N2O3/c1-10(2)5-13(15(19)20)9-17-16(21)18-14-7-11(3)6-12(4)8-14/h6-8,10,13H,5,9H2,1-4H3,(H,19,20)(H2,17,18,21). The number of carbonyl (C=O) groups excluding carboxylic acids is 1. The lowest BCUT2D eigenvalue weighted by Gasteiger charge is -2.16. The molecular weight excluding hydrogens is 268 g/mol. The van der Waals surface area contributed by atoms with Crippen molar-refractivity contribution in [1.82, 2.24) is 5.32 Å². The van der Waals surface area contributed by atoms with Gasteiger partial charge in [-0.2, -0.15) is 0 Å². The molecule has 0 aromatic heterocycles. The van der Waals surface area contributed by atoms with Crippen LogP contribution in [0.3, 0.4) is 0 Å². The Morgan fingerprint density at radius 3 is 2.19 bits per heavy atom. The van der Waals surface area contributed by atoms with E-state index in [9.17, 15) is 9.59 Å². The first kappa shape index (κ1) is 17.0. The second kappa shape index (κ2) is 7.67. The monoisotopic (exact) mass is 292 g/mol. The maximum atomic E-state index is 11.8. The Kier molecular flexibility index (Phi) is 6.21. The van der Waals surface area contributed by atoms with Crippen LogP contribution in [0, 0.1) is 25.7 Å². The molecule has 5 heteroatoms. The summed E-state index contributed by atoms with van der Waals surface area (Å²) in [6, 6.07) is 5.38. The molecule has 0 bridgehead atoms. The van der Waals surface area contributed by atoms with Gasteiger partial charge in [0.25, 0.3) is 0 Å². The lowest BCUT2D eigenvalue weighted by atomic mass is 9.97. The number of hydrogen-bond acceptors (Lipinski definition) is 2. The topological polar surface area (TPSA) is 78.4 Å². The minimum Gasteiger partial charge on any atom is -0.481 e. The molecule has 1 atom stereocenters. The van der Waals surface area contributed by atoms with Crippen LogP contribution in [0.15, 0.2) is 18.2 Å². The molecule has 1 aromatic rings. The SMILES string of the molecule is Cc1cc(C)cc(NC(=O)NCC(CC(C)C)C(=O)O)c1. The zero-order valence-electron chi connectivity index (χ0n) is 13.1. The molecule has 3 N–H and O–H groups in total. The Labute approximate surface area is 125 Å². The molecule has 0 fully saturated rings. The maximum Gasteiger partial charge on any atom is 0.319 e. The van der Waals surface area contributed by atoms with E-state index in [0.717, 1.165) is 11.1 Å². The number of carboxylic acid groups (broad SMARTS) is 1. The van der Waals surface area contributed by atoms with Gasteiger partial charge in [-0.25, -0.2) is 4.79 Å². The van der Waals surface area contributed by atoms with E-state index in [1.165, 1.54) is 0 Å². The molecule has 5 nitrogen and oxygen atoms in total. The van der Waals surface area contributed by atoms with Crippen molar-refractivity contribution in [2.45, 2.75) is 34.1 Å². The lowest BCUT2D eigenvalue weighted by Crippen LogP contribution is -2.36. The predicted molar refractivity (Wildman–Crippen MR) is 83.5 cm³/mol. The van der Waals surface area contributed by atoms with E-state index in [4.69, 9.17) is 5.11 Å². The van der Waals surface area contributed by atoms with Gasteiger partial charge < -0.3 is 15.7 Å². The van der Waals surface area contributed by atoms with Crippen LogP contribution in [0.1, 0.15) is 31.4 Å². The molecule has 0 spiro atoms. The summed E-state index contributed by atoms with van der Waals surface area (Å²) in [4.78, 5) is 23.0. The van der Waals surface area contributed by atoms with Crippen molar-refractivity contribution in [3.05, 3.63) is 29.3 Å². The summed E-state index contributed by atoms with van der Waals surface area (Å²) in [6.07, 6.45) is 0.541. The fraction of sp³-hybridized carbons (Fsp3) is 0.500. The molecule has 0 heterocycles. The van der Waals surface area contributed by atoms with Crippen molar-refractivity contribution >= 4 is 17.7 Å². The Morgan fingerprint density at radius 1 is 1.14 bits per heavy atom. The fourth-order valence-electron chi connectivity index (χ4n) is 2.28. The van der Waals surface area contributed by atoms with Gasteiger partial charge in [0.2, 0.25) is 0 Å². The van der Waals surface area contributed by atoms with Crippen molar-refractivity contribution in [2.24, 2.45) is 11.8 Å². The quantitative estimate of drug-likeness (QED) is 0.753. The van der Waals surface area contributed by atoms with Gasteiger partial charge in [0.05, 0.1) is 5.92 Å². The maximum absolute atomic E-state index is 11.8. The average Bonchev–Trinajstić information content (AvgIpc) is 2.32. The third-order valence-electron chi connectivity index (χ3n) is 3.09. The molecule has 0 aliphatic rings. The summed E-state index contributed by atoms with van der Waals surface area (Å²) >= 11 is 0. The molecule has 21 heavy (non-hydrogen) atoms. The van der Waals surface area contributed by atoms with Crippen molar-refractivity contribution < 1.29 is 14.7 Å². The number of rotatable bonds is 6. The first-order chi connectivity index (χ1) is 9.77. The highest BCUT2D eigenvalue weighted by Crippen LogP contribution is 2.14. The van der Waals surface area contributed by atoms with E-state index < -0.39 is 11.9 Å². The molecule has 0 aliphatic heterocycles. The van der Waals surface area contributed by atoms with Gasteiger partial charge in [0.1, 0.15) is 0 Å². The molecule has 1 unspecified atom stereocenters. The van der Waals surface area contributed by atoms with Crippen molar-refractivity contribution in [1.29, 1.82) is 0 Å². The fourth-order valence-corrected chi connectivity index (χ4v) is 2.28. The smallest absolute Gasteiger partial charge is 0.319 e. The first-order valence-electron chi connectivity index (χ1n) is 7.14. The van der Waals surface area contributed by atoms with E-state index >= 15 is 0 Å². The van der Waals surface area contributed by atoms with Crippen LogP contribution in [0.4, 0.5) is 10.5 Å². The Morgan fingerprint density at radius 2 is 1.71 bits per heavy atom. The number of urea groups is 1. The van der Waals surface area contributed by atoms with E-state index in [1.54, 1.807) is 0 Å². The minimum atomic E-state index is -0.879. The lowest BCUT2D eigenvalue weighted by molar-refractivity contribution is -0.142. The highest BCUT2D eigenvalue weighted by molar-refractivity contribution is 5.89. The number of amides is 2. The summed E-state index contributed by atoms with van der Waals surface area (Å²) in [5, 5.41) is 14.5. The van der Waals surface area contributed by atoms with Crippen LogP contribution in [0.5, 0.6) is 0 Å². The van der Waals surface area contributed by atoms with Crippen molar-refractivity contribution in [3.8, 4) is 0 Å². The largest absolute Gasteiger partial charge is 0.481 e. The summed E-state index contributed by atoms with van der Waals surface area (Å²) in [5.74, 6) is -1.17. The van der Waals surface area contributed by atoms with E-state index in [-0.39, 0.29) is 18.5 Å². The number of anilines is 1. The summed E-state index contributed by atoms with van der Waals surface area (Å²) in [7, 11) is 0. The molecular formula is C16H24N2O3. The molecule has 2 amide bonds. The summed E-state index contributed by atoms with van der Waals surface area (Å²) in [6.45, 7) is 7.97. The van der Waals surface area contributed by atoms with Gasteiger partial charge >= 0.3 is 12.0 Å². The Bertz CT molecular complexity index is 492. The molecule has 0 radical (unpaired) electrons. The first-order valence-corrected chi connectivity index (χ1v) is 7.14. The molecule has 0 aliphatic carbocycles. The number of carbonyl (C=O) groups is 2. The Balaban J connectivity index is 2.54. The van der Waals surface area contributed by atoms with Crippen LogP contribution >= 0.6 is 0 Å². The molecule has 1 rings (SSSR count). The number of nitrogens with one attached hydrogen (secondary N) is 2. The molecule has 1 aromatic carbocycles. The van der Waals surface area contributed by atoms with Crippen LogP contribution < -0.4 is 10.6 Å². The van der Waals surface area contributed by atoms with Crippen molar-refractivity contribution in [2.75, 3.05) is 11.9 Å². The minimum absolute atomic E-state index is 0.129. The third kappa shape index (κ3) is 6.29. The van der Waals surface area contributed by atoms with E-state index in [2.05, 4.69) is 10.6 Å². The number of carboxylic acids is 1. The predicted octanol–water partition coefficient (Wildman–Crippen LogP) is 3.17. The van der Waals surface area contributed by atoms with Crippen LogP contribution in [0.25, 0.3) is 0 Å². The van der Waals surface area contributed by atoms with E-state index in [0.29, 0.717) is 12.1 Å². The Hall–Kier alpha value is -2.04. The second-order valence-electron chi connectivity index (χ2n) is 5.88. The number of aryl methyl sites for hydroxylation is 2.